The zero-order valence-corrected chi connectivity index (χ0v) is 19.1. The second-order valence-corrected chi connectivity index (χ2v) is 7.87. The van der Waals surface area contributed by atoms with Gasteiger partial charge < -0.3 is 26.6 Å². The molecule has 176 valence electrons. The number of amides is 3. The van der Waals surface area contributed by atoms with E-state index in [4.69, 9.17) is 5.26 Å². The summed E-state index contributed by atoms with van der Waals surface area (Å²) in [6.45, 7) is 8.36. The standard InChI is InChI=1S/C22H29FN8O2/c1-13(2)29-18-9-19(31-20-17(23)8-15(10-24)11-28-20)27-12-16(18)21(32)25-6-5-7-26-22(33)30-14(3)4/h8-9,11-14H,5-7H2,1-4H3,(H,25,32)(H2,26,30,33)(H2,27,28,29,31). The van der Waals surface area contributed by atoms with Gasteiger partial charge in [0, 0.05) is 43.6 Å². The molecule has 0 unspecified atom stereocenters. The van der Waals surface area contributed by atoms with Crippen molar-refractivity contribution in [1.82, 2.24) is 25.9 Å². The Labute approximate surface area is 192 Å². The summed E-state index contributed by atoms with van der Waals surface area (Å²) in [6.07, 6.45) is 3.20. The van der Waals surface area contributed by atoms with Crippen molar-refractivity contribution in [3.63, 3.8) is 0 Å². The summed E-state index contributed by atoms with van der Waals surface area (Å²) in [7, 11) is 0. The molecule has 0 aliphatic carbocycles. The van der Waals surface area contributed by atoms with Crippen LogP contribution in [0, 0.1) is 17.1 Å². The van der Waals surface area contributed by atoms with Crippen LogP contribution in [0.2, 0.25) is 0 Å². The van der Waals surface area contributed by atoms with Crippen LogP contribution in [0.25, 0.3) is 0 Å². The summed E-state index contributed by atoms with van der Waals surface area (Å²) in [5.74, 6) is -0.812. The van der Waals surface area contributed by atoms with E-state index in [0.29, 0.717) is 30.8 Å². The number of hydrogen-bond donors (Lipinski definition) is 5. The first-order chi connectivity index (χ1) is 15.7. The number of anilines is 3. The second-order valence-electron chi connectivity index (χ2n) is 7.87. The Balaban J connectivity index is 2.02. The van der Waals surface area contributed by atoms with Gasteiger partial charge in [0.25, 0.3) is 5.91 Å². The number of carbonyl (C=O) groups is 2. The van der Waals surface area contributed by atoms with E-state index in [2.05, 4.69) is 36.6 Å². The Kier molecular flexibility index (Phi) is 9.35. The predicted molar refractivity (Wildman–Crippen MR) is 124 cm³/mol. The molecule has 10 nitrogen and oxygen atoms in total. The van der Waals surface area contributed by atoms with Gasteiger partial charge in [-0.05, 0) is 40.2 Å². The van der Waals surface area contributed by atoms with Gasteiger partial charge in [-0.3, -0.25) is 4.79 Å². The van der Waals surface area contributed by atoms with Gasteiger partial charge in [-0.25, -0.2) is 19.2 Å². The summed E-state index contributed by atoms with van der Waals surface area (Å²) in [5, 5.41) is 23.0. The van der Waals surface area contributed by atoms with Crippen molar-refractivity contribution in [2.45, 2.75) is 46.2 Å². The van der Waals surface area contributed by atoms with Crippen molar-refractivity contribution in [3.05, 3.63) is 41.5 Å². The fourth-order valence-electron chi connectivity index (χ4n) is 2.75. The number of nitriles is 1. The maximum atomic E-state index is 14.1. The highest BCUT2D eigenvalue weighted by Gasteiger charge is 2.15. The van der Waals surface area contributed by atoms with Crippen LogP contribution in [0.5, 0.6) is 0 Å². The quantitative estimate of drug-likeness (QED) is 0.346. The van der Waals surface area contributed by atoms with Gasteiger partial charge in [-0.2, -0.15) is 5.26 Å². The third-order valence-electron chi connectivity index (χ3n) is 4.15. The molecule has 0 atom stereocenters. The molecule has 0 saturated heterocycles. The van der Waals surface area contributed by atoms with Crippen LogP contribution >= 0.6 is 0 Å². The highest BCUT2D eigenvalue weighted by molar-refractivity contribution is 5.99. The minimum Gasteiger partial charge on any atom is -0.382 e. The fourth-order valence-corrected chi connectivity index (χ4v) is 2.75. The molecule has 11 heteroatoms. The number of urea groups is 1. The van der Waals surface area contributed by atoms with Gasteiger partial charge >= 0.3 is 6.03 Å². The molecule has 0 aromatic carbocycles. The molecule has 0 aliphatic rings. The summed E-state index contributed by atoms with van der Waals surface area (Å²) >= 11 is 0. The Morgan fingerprint density at radius 3 is 2.42 bits per heavy atom. The number of rotatable bonds is 10. The van der Waals surface area contributed by atoms with E-state index in [0.717, 1.165) is 6.07 Å². The molecule has 2 heterocycles. The maximum absolute atomic E-state index is 14.1. The summed E-state index contributed by atoms with van der Waals surface area (Å²) < 4.78 is 14.1. The number of halogens is 1. The van der Waals surface area contributed by atoms with Gasteiger partial charge in [-0.1, -0.05) is 0 Å². The smallest absolute Gasteiger partial charge is 0.314 e. The Bertz CT molecular complexity index is 1020. The van der Waals surface area contributed by atoms with E-state index in [1.807, 2.05) is 33.8 Å². The van der Waals surface area contributed by atoms with Crippen LogP contribution < -0.4 is 26.6 Å². The van der Waals surface area contributed by atoms with Crippen molar-refractivity contribution >= 4 is 29.3 Å². The Morgan fingerprint density at radius 1 is 1.06 bits per heavy atom. The molecule has 2 rings (SSSR count). The minimum atomic E-state index is -0.688. The largest absolute Gasteiger partial charge is 0.382 e. The average molecular weight is 457 g/mol. The molecule has 0 radical (unpaired) electrons. The third kappa shape index (κ3) is 8.25. The number of nitrogens with zero attached hydrogens (tertiary/aromatic N) is 3. The van der Waals surface area contributed by atoms with Gasteiger partial charge in [0.1, 0.15) is 11.9 Å². The first-order valence-corrected chi connectivity index (χ1v) is 10.6. The van der Waals surface area contributed by atoms with Crippen molar-refractivity contribution in [3.8, 4) is 6.07 Å². The number of nitrogens with one attached hydrogen (secondary N) is 5. The maximum Gasteiger partial charge on any atom is 0.314 e. The third-order valence-corrected chi connectivity index (χ3v) is 4.15. The van der Waals surface area contributed by atoms with Gasteiger partial charge in [0.15, 0.2) is 11.6 Å². The van der Waals surface area contributed by atoms with Crippen molar-refractivity contribution in [2.75, 3.05) is 23.7 Å². The predicted octanol–water partition coefficient (Wildman–Crippen LogP) is 2.88. The summed E-state index contributed by atoms with van der Waals surface area (Å²) in [5.41, 5.74) is 0.951. The monoisotopic (exact) mass is 456 g/mol. The second kappa shape index (κ2) is 12.2. The molecule has 0 saturated carbocycles. The molecular formula is C22H29FN8O2. The highest BCUT2D eigenvalue weighted by atomic mass is 19.1. The van der Waals surface area contributed by atoms with Crippen LogP contribution in [0.3, 0.4) is 0 Å². The molecule has 0 fully saturated rings. The van der Waals surface area contributed by atoms with E-state index in [1.165, 1.54) is 12.4 Å². The first kappa shape index (κ1) is 25.3. The zero-order chi connectivity index (χ0) is 24.4. The lowest BCUT2D eigenvalue weighted by atomic mass is 10.2. The highest BCUT2D eigenvalue weighted by Crippen LogP contribution is 2.23. The average Bonchev–Trinajstić information content (AvgIpc) is 2.74. The number of aromatic nitrogens is 2. The van der Waals surface area contributed by atoms with Gasteiger partial charge in [0.2, 0.25) is 0 Å². The lowest BCUT2D eigenvalue weighted by molar-refractivity contribution is 0.0954. The Hall–Kier alpha value is -3.94. The molecule has 33 heavy (non-hydrogen) atoms. The number of pyridine rings is 2. The van der Waals surface area contributed by atoms with Crippen LogP contribution in [0.1, 0.15) is 50.0 Å². The van der Waals surface area contributed by atoms with Gasteiger partial charge in [0.05, 0.1) is 16.8 Å². The normalized spacial score (nSPS) is 10.5. The molecular weight excluding hydrogens is 427 g/mol. The lowest BCUT2D eigenvalue weighted by Gasteiger charge is -2.16. The van der Waals surface area contributed by atoms with E-state index >= 15 is 0 Å². The number of carbonyl (C=O) groups excluding carboxylic acids is 2. The molecule has 5 N–H and O–H groups in total. The molecule has 0 spiro atoms. The summed E-state index contributed by atoms with van der Waals surface area (Å²) in [4.78, 5) is 32.3. The summed E-state index contributed by atoms with van der Waals surface area (Å²) in [6, 6.07) is 4.31. The first-order valence-electron chi connectivity index (χ1n) is 10.6. The number of hydrogen-bond acceptors (Lipinski definition) is 7. The molecule has 0 aliphatic heterocycles. The SMILES string of the molecule is CC(C)NC(=O)NCCCNC(=O)c1cnc(Nc2ncc(C#N)cc2F)cc1NC(C)C. The van der Waals surface area contributed by atoms with E-state index in [-0.39, 0.29) is 41.2 Å². The molecule has 2 aromatic heterocycles. The Morgan fingerprint density at radius 2 is 1.79 bits per heavy atom. The zero-order valence-electron chi connectivity index (χ0n) is 19.1. The molecule has 3 amide bonds. The lowest BCUT2D eigenvalue weighted by Crippen LogP contribution is -2.40. The van der Waals surface area contributed by atoms with E-state index in [1.54, 1.807) is 6.07 Å². The van der Waals surface area contributed by atoms with Crippen molar-refractivity contribution in [1.29, 1.82) is 5.26 Å². The van der Waals surface area contributed by atoms with Crippen LogP contribution in [0.15, 0.2) is 24.5 Å². The van der Waals surface area contributed by atoms with Crippen LogP contribution in [-0.4, -0.2) is 47.1 Å². The van der Waals surface area contributed by atoms with Crippen molar-refractivity contribution < 1.29 is 14.0 Å². The van der Waals surface area contributed by atoms with Gasteiger partial charge in [-0.15, -0.1) is 0 Å². The molecule has 2 aromatic rings. The minimum absolute atomic E-state index is 0.0280. The van der Waals surface area contributed by atoms with Crippen LogP contribution in [0.4, 0.5) is 26.5 Å². The molecule has 0 bridgehead atoms. The topological polar surface area (TPSA) is 144 Å². The van der Waals surface area contributed by atoms with E-state index in [9.17, 15) is 14.0 Å². The van der Waals surface area contributed by atoms with Crippen molar-refractivity contribution in [2.24, 2.45) is 0 Å². The van der Waals surface area contributed by atoms with Crippen LogP contribution in [-0.2, 0) is 0 Å². The van der Waals surface area contributed by atoms with E-state index < -0.39 is 5.82 Å². The fraction of sp³-hybridized carbons (Fsp3) is 0.409.